The standard InChI is InChI=1S/C20H16ClN3OS2/c21-12-5-6-14-16(9-12)23-8-7-17(14)26-11-19(25)24-20-15(10-22)13-3-1-2-4-18(13)27-20/h5-9H,1-4,11H2,(H,24,25). The Balaban J connectivity index is 1.48. The van der Waals surface area contributed by atoms with Gasteiger partial charge in [-0.05, 0) is 49.4 Å². The van der Waals surface area contributed by atoms with Crippen LogP contribution in [0.1, 0.15) is 28.8 Å². The predicted octanol–water partition coefficient (Wildman–Crippen LogP) is 5.43. The van der Waals surface area contributed by atoms with Crippen molar-refractivity contribution in [1.29, 1.82) is 5.26 Å². The number of benzene rings is 1. The molecule has 1 N–H and O–H groups in total. The maximum Gasteiger partial charge on any atom is 0.235 e. The van der Waals surface area contributed by atoms with Crippen LogP contribution in [0.2, 0.25) is 5.02 Å². The lowest BCUT2D eigenvalue weighted by Crippen LogP contribution is -2.14. The zero-order valence-corrected chi connectivity index (χ0v) is 16.8. The zero-order valence-electron chi connectivity index (χ0n) is 14.4. The number of carbonyl (C=O) groups is 1. The number of rotatable bonds is 4. The number of anilines is 1. The molecule has 1 aromatic carbocycles. The third-order valence-corrected chi connectivity index (χ3v) is 7.08. The van der Waals surface area contributed by atoms with Crippen LogP contribution in [0.25, 0.3) is 10.9 Å². The van der Waals surface area contributed by atoms with Gasteiger partial charge in [-0.15, -0.1) is 23.1 Å². The highest BCUT2D eigenvalue weighted by molar-refractivity contribution is 8.00. The molecule has 7 heteroatoms. The minimum absolute atomic E-state index is 0.103. The molecule has 136 valence electrons. The summed E-state index contributed by atoms with van der Waals surface area (Å²) in [6.45, 7) is 0. The quantitative estimate of drug-likeness (QED) is 0.579. The van der Waals surface area contributed by atoms with E-state index in [1.54, 1.807) is 17.5 Å². The molecule has 2 heterocycles. The molecule has 0 fully saturated rings. The normalized spacial score (nSPS) is 13.2. The number of aryl methyl sites for hydroxylation is 1. The molecule has 3 aromatic rings. The molecular formula is C20H16ClN3OS2. The Morgan fingerprint density at radius 3 is 3.04 bits per heavy atom. The first kappa shape index (κ1) is 18.3. The van der Waals surface area contributed by atoms with E-state index in [1.165, 1.54) is 16.6 Å². The molecule has 1 amide bonds. The molecule has 0 saturated heterocycles. The summed E-state index contributed by atoms with van der Waals surface area (Å²) in [6.07, 6.45) is 5.93. The van der Waals surface area contributed by atoms with Gasteiger partial charge in [0.15, 0.2) is 0 Å². The van der Waals surface area contributed by atoms with Gasteiger partial charge in [-0.1, -0.05) is 17.7 Å². The molecule has 4 rings (SSSR count). The van der Waals surface area contributed by atoms with Gasteiger partial charge in [0.05, 0.1) is 16.8 Å². The Morgan fingerprint density at radius 2 is 2.19 bits per heavy atom. The lowest BCUT2D eigenvalue weighted by Gasteiger charge is -2.09. The highest BCUT2D eigenvalue weighted by atomic mass is 35.5. The maximum atomic E-state index is 12.5. The van der Waals surface area contributed by atoms with Gasteiger partial charge in [0.25, 0.3) is 0 Å². The number of thioether (sulfide) groups is 1. The van der Waals surface area contributed by atoms with Crippen molar-refractivity contribution in [2.75, 3.05) is 11.1 Å². The number of pyridine rings is 1. The second kappa shape index (κ2) is 7.89. The van der Waals surface area contributed by atoms with E-state index >= 15 is 0 Å². The van der Waals surface area contributed by atoms with E-state index in [0.717, 1.165) is 47.0 Å². The van der Waals surface area contributed by atoms with Crippen molar-refractivity contribution in [2.45, 2.75) is 30.6 Å². The van der Waals surface area contributed by atoms with E-state index < -0.39 is 0 Å². The number of nitrogens with one attached hydrogen (secondary N) is 1. The molecule has 0 atom stereocenters. The van der Waals surface area contributed by atoms with E-state index in [9.17, 15) is 10.1 Å². The van der Waals surface area contributed by atoms with Crippen molar-refractivity contribution in [3.8, 4) is 6.07 Å². The van der Waals surface area contributed by atoms with Crippen molar-refractivity contribution >= 4 is 56.5 Å². The van der Waals surface area contributed by atoms with Gasteiger partial charge in [0.2, 0.25) is 5.91 Å². The monoisotopic (exact) mass is 413 g/mol. The number of fused-ring (bicyclic) bond motifs is 2. The average Bonchev–Trinajstić information content (AvgIpc) is 3.02. The fraction of sp³-hybridized carbons (Fsp3) is 0.250. The van der Waals surface area contributed by atoms with E-state index in [1.807, 2.05) is 24.3 Å². The van der Waals surface area contributed by atoms with Crippen LogP contribution < -0.4 is 5.32 Å². The number of halogens is 1. The molecule has 1 aliphatic carbocycles. The molecule has 0 bridgehead atoms. The summed E-state index contributed by atoms with van der Waals surface area (Å²) in [6, 6.07) is 9.74. The van der Waals surface area contributed by atoms with Crippen LogP contribution in [0.3, 0.4) is 0 Å². The number of hydrogen-bond donors (Lipinski definition) is 1. The molecule has 0 spiro atoms. The Hall–Kier alpha value is -2.07. The van der Waals surface area contributed by atoms with Crippen LogP contribution >= 0.6 is 34.7 Å². The number of nitriles is 1. The highest BCUT2D eigenvalue weighted by Gasteiger charge is 2.21. The Kier molecular flexibility index (Phi) is 5.35. The molecule has 0 saturated carbocycles. The summed E-state index contributed by atoms with van der Waals surface area (Å²) in [4.78, 5) is 19.0. The minimum Gasteiger partial charge on any atom is -0.316 e. The molecule has 1 aliphatic rings. The number of hydrogen-bond acceptors (Lipinski definition) is 5. The largest absolute Gasteiger partial charge is 0.316 e. The van der Waals surface area contributed by atoms with Gasteiger partial charge < -0.3 is 5.32 Å². The molecule has 0 unspecified atom stereocenters. The first-order valence-electron chi connectivity index (χ1n) is 8.67. The second-order valence-corrected chi connectivity index (χ2v) is 8.89. The smallest absolute Gasteiger partial charge is 0.235 e. The van der Waals surface area contributed by atoms with Crippen LogP contribution in [0.5, 0.6) is 0 Å². The summed E-state index contributed by atoms with van der Waals surface area (Å²) in [5.74, 6) is 0.170. The zero-order chi connectivity index (χ0) is 18.8. The summed E-state index contributed by atoms with van der Waals surface area (Å²) in [7, 11) is 0. The number of aromatic nitrogens is 1. The van der Waals surface area contributed by atoms with Gasteiger partial charge in [0.1, 0.15) is 11.1 Å². The van der Waals surface area contributed by atoms with Crippen molar-refractivity contribution in [1.82, 2.24) is 4.98 Å². The van der Waals surface area contributed by atoms with Gasteiger partial charge in [-0.25, -0.2) is 0 Å². The molecule has 27 heavy (non-hydrogen) atoms. The summed E-state index contributed by atoms with van der Waals surface area (Å²) < 4.78 is 0. The number of carbonyl (C=O) groups excluding carboxylic acids is 1. The predicted molar refractivity (Wildman–Crippen MR) is 112 cm³/mol. The van der Waals surface area contributed by atoms with Gasteiger partial charge in [0, 0.05) is 26.4 Å². The fourth-order valence-corrected chi connectivity index (χ4v) is 5.57. The van der Waals surface area contributed by atoms with Gasteiger partial charge in [-0.3, -0.25) is 9.78 Å². The van der Waals surface area contributed by atoms with Gasteiger partial charge in [-0.2, -0.15) is 5.26 Å². The molecule has 0 aliphatic heterocycles. The maximum absolute atomic E-state index is 12.5. The van der Waals surface area contributed by atoms with Crippen LogP contribution in [0.15, 0.2) is 35.4 Å². The Labute approximate surface area is 170 Å². The van der Waals surface area contributed by atoms with E-state index in [2.05, 4.69) is 16.4 Å². The molecular weight excluding hydrogens is 398 g/mol. The Morgan fingerprint density at radius 1 is 1.33 bits per heavy atom. The van der Waals surface area contributed by atoms with Crippen molar-refractivity contribution < 1.29 is 4.79 Å². The minimum atomic E-state index is -0.103. The summed E-state index contributed by atoms with van der Waals surface area (Å²) >= 11 is 9.03. The van der Waals surface area contributed by atoms with Crippen LogP contribution in [-0.4, -0.2) is 16.6 Å². The highest BCUT2D eigenvalue weighted by Crippen LogP contribution is 2.38. The van der Waals surface area contributed by atoms with Crippen LogP contribution in [-0.2, 0) is 17.6 Å². The lowest BCUT2D eigenvalue weighted by molar-refractivity contribution is -0.113. The van der Waals surface area contributed by atoms with Crippen molar-refractivity contribution in [3.63, 3.8) is 0 Å². The SMILES string of the molecule is N#Cc1c(NC(=O)CSc2ccnc3cc(Cl)ccc23)sc2c1CCCC2. The lowest BCUT2D eigenvalue weighted by atomic mass is 9.96. The first-order valence-corrected chi connectivity index (χ1v) is 10.9. The molecule has 4 nitrogen and oxygen atoms in total. The summed E-state index contributed by atoms with van der Waals surface area (Å²) in [5, 5.41) is 14.8. The van der Waals surface area contributed by atoms with Crippen molar-refractivity contribution in [3.05, 3.63) is 51.5 Å². The van der Waals surface area contributed by atoms with Crippen molar-refractivity contribution in [2.24, 2.45) is 0 Å². The van der Waals surface area contributed by atoms with E-state index in [0.29, 0.717) is 15.6 Å². The number of thiophene rings is 1. The van der Waals surface area contributed by atoms with Crippen LogP contribution in [0.4, 0.5) is 5.00 Å². The number of nitrogens with zero attached hydrogens (tertiary/aromatic N) is 2. The number of amides is 1. The van der Waals surface area contributed by atoms with E-state index in [4.69, 9.17) is 11.6 Å². The average molecular weight is 414 g/mol. The van der Waals surface area contributed by atoms with Gasteiger partial charge >= 0.3 is 0 Å². The second-order valence-electron chi connectivity index (χ2n) is 6.33. The molecule has 2 aromatic heterocycles. The Bertz CT molecular complexity index is 1070. The summed E-state index contributed by atoms with van der Waals surface area (Å²) in [5.41, 5.74) is 2.59. The fourth-order valence-electron chi connectivity index (χ4n) is 3.30. The topological polar surface area (TPSA) is 65.8 Å². The van der Waals surface area contributed by atoms with Crippen LogP contribution in [0, 0.1) is 11.3 Å². The first-order chi connectivity index (χ1) is 13.2. The van der Waals surface area contributed by atoms with E-state index in [-0.39, 0.29) is 11.7 Å². The third-order valence-electron chi connectivity index (χ3n) is 4.56. The third kappa shape index (κ3) is 3.81. The molecule has 0 radical (unpaired) electrons.